The average Bonchev–Trinajstić information content (AvgIpc) is 2.66. The summed E-state index contributed by atoms with van der Waals surface area (Å²) in [5.74, 6) is 3.51. The second-order valence-corrected chi connectivity index (χ2v) is 9.08. The third-order valence-corrected chi connectivity index (χ3v) is 4.71. The van der Waals surface area contributed by atoms with Crippen molar-refractivity contribution in [2.45, 2.75) is 78.4 Å². The van der Waals surface area contributed by atoms with Gasteiger partial charge in [0.05, 0.1) is 0 Å². The van der Waals surface area contributed by atoms with Crippen LogP contribution in [0, 0.1) is 11.3 Å². The lowest BCUT2D eigenvalue weighted by molar-refractivity contribution is -0.145. The Labute approximate surface area is 190 Å². The van der Waals surface area contributed by atoms with Crippen LogP contribution in [0.5, 0.6) is 0 Å². The van der Waals surface area contributed by atoms with Gasteiger partial charge in [-0.05, 0) is 51.5 Å². The Kier molecular flexibility index (Phi) is 10.3. The molecule has 0 radical (unpaired) electrons. The van der Waals surface area contributed by atoms with E-state index in [0.717, 1.165) is 24.3 Å². The van der Waals surface area contributed by atoms with Crippen LogP contribution < -0.4 is 11.6 Å². The number of guanidine groups is 1. The number of unbranched alkanes of at least 4 members (excludes halogenated alkanes) is 2. The van der Waals surface area contributed by atoms with Crippen molar-refractivity contribution < 1.29 is 19.1 Å². The molecule has 0 unspecified atom stereocenters. The number of imide groups is 1. The largest absolute Gasteiger partial charge is 0.443 e. The number of carbonyl (C=O) groups excluding carboxylic acids is 3. The number of carbonyl (C=O) groups is 3. The van der Waals surface area contributed by atoms with E-state index in [1.54, 1.807) is 34.6 Å². The predicted octanol–water partition coefficient (Wildman–Crippen LogP) is 3.17. The lowest BCUT2D eigenvalue weighted by atomic mass is 10.0. The van der Waals surface area contributed by atoms with E-state index >= 15 is 0 Å². The molecule has 0 aliphatic heterocycles. The summed E-state index contributed by atoms with van der Waals surface area (Å²) in [5, 5.41) is 8.52. The standard InChI is InChI=1S/C23H37N5O4/c1-16(2)19(20(30)27(21(24)25)22(31)32-23(3,4)5)28(26)18(29)15-11-7-10-14-17-12-8-6-9-13-17/h6,8-9,12-13,16,19H,7,10-11,14-15,26H2,1-5H3,(H3,24,25)/t19-/m0/s1. The fourth-order valence-corrected chi connectivity index (χ4v) is 3.18. The maximum atomic E-state index is 13.1. The molecule has 0 aromatic heterocycles. The van der Waals surface area contributed by atoms with Crippen molar-refractivity contribution in [3.8, 4) is 0 Å². The number of nitrogens with two attached hydrogens (primary N) is 2. The molecule has 0 aliphatic carbocycles. The molecule has 0 bridgehead atoms. The van der Waals surface area contributed by atoms with Crippen LogP contribution >= 0.6 is 0 Å². The molecule has 0 saturated heterocycles. The van der Waals surface area contributed by atoms with Gasteiger partial charge in [0, 0.05) is 6.42 Å². The summed E-state index contributed by atoms with van der Waals surface area (Å²) in [5.41, 5.74) is 5.83. The minimum atomic E-state index is -1.16. The zero-order valence-electron chi connectivity index (χ0n) is 19.8. The summed E-state index contributed by atoms with van der Waals surface area (Å²) < 4.78 is 5.18. The summed E-state index contributed by atoms with van der Waals surface area (Å²) in [6, 6.07) is 8.93. The van der Waals surface area contributed by atoms with Crippen molar-refractivity contribution in [3.05, 3.63) is 35.9 Å². The summed E-state index contributed by atoms with van der Waals surface area (Å²) in [6.45, 7) is 8.28. The maximum absolute atomic E-state index is 13.1. The number of hydrazine groups is 1. The van der Waals surface area contributed by atoms with Gasteiger partial charge in [0.2, 0.25) is 11.9 Å². The fourth-order valence-electron chi connectivity index (χ4n) is 3.18. The van der Waals surface area contributed by atoms with Gasteiger partial charge < -0.3 is 10.5 Å². The van der Waals surface area contributed by atoms with Gasteiger partial charge in [0.15, 0.2) is 0 Å². The number of ether oxygens (including phenoxy) is 1. The third-order valence-electron chi connectivity index (χ3n) is 4.71. The number of amides is 3. The van der Waals surface area contributed by atoms with E-state index in [2.05, 4.69) is 12.1 Å². The zero-order valence-corrected chi connectivity index (χ0v) is 19.8. The van der Waals surface area contributed by atoms with E-state index in [1.807, 2.05) is 18.2 Å². The molecule has 32 heavy (non-hydrogen) atoms. The van der Waals surface area contributed by atoms with Crippen molar-refractivity contribution in [2.75, 3.05) is 0 Å². The van der Waals surface area contributed by atoms with Crippen LogP contribution in [0.1, 0.15) is 65.9 Å². The first kappa shape index (κ1) is 27.1. The first-order valence-corrected chi connectivity index (χ1v) is 10.9. The van der Waals surface area contributed by atoms with Crippen molar-refractivity contribution in [2.24, 2.45) is 17.5 Å². The third kappa shape index (κ3) is 8.66. The second-order valence-electron chi connectivity index (χ2n) is 9.08. The summed E-state index contributed by atoms with van der Waals surface area (Å²) in [4.78, 5) is 38.6. The second kappa shape index (κ2) is 12.2. The Morgan fingerprint density at radius 3 is 2.16 bits per heavy atom. The number of nitrogens with one attached hydrogen (secondary N) is 1. The first-order valence-electron chi connectivity index (χ1n) is 10.9. The van der Waals surface area contributed by atoms with Crippen LogP contribution in [0.25, 0.3) is 0 Å². The van der Waals surface area contributed by atoms with Gasteiger partial charge in [-0.2, -0.15) is 4.90 Å². The predicted molar refractivity (Wildman–Crippen MR) is 123 cm³/mol. The van der Waals surface area contributed by atoms with E-state index in [9.17, 15) is 14.4 Å². The minimum absolute atomic E-state index is 0.175. The van der Waals surface area contributed by atoms with Crippen molar-refractivity contribution in [1.29, 1.82) is 5.41 Å². The SMILES string of the molecule is CC(C)[C@@H](C(=O)N(C(=N)N)C(=O)OC(C)(C)C)N(N)C(=O)CCCCCc1ccccc1. The van der Waals surface area contributed by atoms with Gasteiger partial charge >= 0.3 is 6.09 Å². The quantitative estimate of drug-likeness (QED) is 0.132. The molecule has 0 spiro atoms. The highest BCUT2D eigenvalue weighted by Crippen LogP contribution is 2.17. The van der Waals surface area contributed by atoms with E-state index < -0.39 is 41.4 Å². The molecule has 0 aliphatic rings. The van der Waals surface area contributed by atoms with E-state index in [4.69, 9.17) is 21.7 Å². The lowest BCUT2D eigenvalue weighted by Gasteiger charge is -2.33. The Balaban J connectivity index is 2.74. The molecule has 9 heteroatoms. The average molecular weight is 448 g/mol. The number of rotatable bonds is 9. The minimum Gasteiger partial charge on any atom is -0.443 e. The molecule has 1 aromatic rings. The van der Waals surface area contributed by atoms with Crippen LogP contribution in [0.2, 0.25) is 0 Å². The molecule has 9 nitrogen and oxygen atoms in total. The summed E-state index contributed by atoms with van der Waals surface area (Å²) in [6.07, 6.45) is 2.42. The number of benzene rings is 1. The Morgan fingerprint density at radius 1 is 1.06 bits per heavy atom. The zero-order chi connectivity index (χ0) is 24.5. The molecular formula is C23H37N5O4. The molecule has 1 atom stereocenters. The Bertz CT molecular complexity index is 789. The van der Waals surface area contributed by atoms with Gasteiger partial charge in [-0.3, -0.25) is 20.0 Å². The van der Waals surface area contributed by atoms with Gasteiger partial charge in [-0.25, -0.2) is 10.6 Å². The number of hydrogen-bond acceptors (Lipinski definition) is 6. The van der Waals surface area contributed by atoms with Crippen LogP contribution in [0.4, 0.5) is 4.79 Å². The van der Waals surface area contributed by atoms with Crippen LogP contribution in [0.3, 0.4) is 0 Å². The maximum Gasteiger partial charge on any atom is 0.424 e. The van der Waals surface area contributed by atoms with E-state index in [-0.39, 0.29) is 6.42 Å². The molecular weight excluding hydrogens is 410 g/mol. The topological polar surface area (TPSA) is 143 Å². The van der Waals surface area contributed by atoms with Gasteiger partial charge in [-0.1, -0.05) is 50.6 Å². The normalized spacial score (nSPS) is 12.2. The Hall–Kier alpha value is -2.94. The number of nitrogens with zero attached hydrogens (tertiary/aromatic N) is 2. The van der Waals surface area contributed by atoms with Crippen molar-refractivity contribution in [1.82, 2.24) is 9.91 Å². The van der Waals surface area contributed by atoms with Crippen molar-refractivity contribution in [3.63, 3.8) is 0 Å². The molecule has 1 aromatic carbocycles. The monoisotopic (exact) mass is 447 g/mol. The van der Waals surface area contributed by atoms with E-state index in [1.165, 1.54) is 5.56 Å². The van der Waals surface area contributed by atoms with Gasteiger partial charge in [0.25, 0.3) is 5.91 Å². The lowest BCUT2D eigenvalue weighted by Crippen LogP contribution is -2.60. The number of aryl methyl sites for hydroxylation is 1. The molecule has 1 rings (SSSR count). The van der Waals surface area contributed by atoms with Crippen LogP contribution in [-0.4, -0.2) is 45.4 Å². The highest BCUT2D eigenvalue weighted by Gasteiger charge is 2.39. The van der Waals surface area contributed by atoms with E-state index in [0.29, 0.717) is 11.3 Å². The molecule has 178 valence electrons. The first-order chi connectivity index (χ1) is 14.8. The molecule has 5 N–H and O–H groups in total. The smallest absolute Gasteiger partial charge is 0.424 e. The molecule has 0 saturated carbocycles. The summed E-state index contributed by atoms with van der Waals surface area (Å²) >= 11 is 0. The van der Waals surface area contributed by atoms with Gasteiger partial charge in [-0.15, -0.1) is 0 Å². The van der Waals surface area contributed by atoms with Crippen molar-refractivity contribution >= 4 is 23.9 Å². The molecule has 3 amide bonds. The number of hydrogen-bond donors (Lipinski definition) is 3. The highest BCUT2D eigenvalue weighted by atomic mass is 16.6. The molecule has 0 heterocycles. The van der Waals surface area contributed by atoms with Crippen LogP contribution in [-0.2, 0) is 20.7 Å². The highest BCUT2D eigenvalue weighted by molar-refractivity contribution is 6.10. The fraction of sp³-hybridized carbons (Fsp3) is 0.565. The summed E-state index contributed by atoms with van der Waals surface area (Å²) in [7, 11) is 0. The van der Waals surface area contributed by atoms with Crippen LogP contribution in [0.15, 0.2) is 30.3 Å². The molecule has 0 fully saturated rings. The van der Waals surface area contributed by atoms with Gasteiger partial charge in [0.1, 0.15) is 11.6 Å². The Morgan fingerprint density at radius 2 is 1.66 bits per heavy atom.